The fourth-order valence-electron chi connectivity index (χ4n) is 2.20. The van der Waals surface area contributed by atoms with Gasteiger partial charge in [-0.15, -0.1) is 0 Å². The van der Waals surface area contributed by atoms with E-state index >= 15 is 0 Å². The van der Waals surface area contributed by atoms with Crippen LogP contribution in [0.25, 0.3) is 11.3 Å². The molecule has 20 heavy (non-hydrogen) atoms. The highest BCUT2D eigenvalue weighted by molar-refractivity contribution is 5.89. The lowest BCUT2D eigenvalue weighted by molar-refractivity contribution is 0.0684. The summed E-state index contributed by atoms with van der Waals surface area (Å²) in [7, 11) is 1.45. The summed E-state index contributed by atoms with van der Waals surface area (Å²) in [6.45, 7) is 0. The molecule has 1 aliphatic rings. The fraction of sp³-hybridized carbons (Fsp3) is 0.286. The van der Waals surface area contributed by atoms with Crippen molar-refractivity contribution in [3.05, 3.63) is 35.3 Å². The zero-order valence-corrected chi connectivity index (χ0v) is 10.7. The van der Waals surface area contributed by atoms with E-state index in [2.05, 4.69) is 5.16 Å². The van der Waals surface area contributed by atoms with Crippen molar-refractivity contribution in [2.24, 2.45) is 0 Å². The molecule has 1 fully saturated rings. The van der Waals surface area contributed by atoms with Gasteiger partial charge in [0.05, 0.1) is 12.7 Å². The number of aromatic carboxylic acids is 1. The lowest BCUT2D eigenvalue weighted by Crippen LogP contribution is -2.01. The molecule has 1 heterocycles. The van der Waals surface area contributed by atoms with Gasteiger partial charge in [0.25, 0.3) is 0 Å². The second-order valence-electron chi connectivity index (χ2n) is 4.70. The van der Waals surface area contributed by atoms with Crippen LogP contribution in [-0.4, -0.2) is 23.3 Å². The van der Waals surface area contributed by atoms with E-state index in [1.807, 2.05) is 0 Å². The van der Waals surface area contributed by atoms with Gasteiger partial charge in [-0.1, -0.05) is 5.16 Å². The molecule has 1 N–H and O–H groups in total. The van der Waals surface area contributed by atoms with Crippen molar-refractivity contribution < 1.29 is 23.6 Å². The first-order valence-corrected chi connectivity index (χ1v) is 6.18. The summed E-state index contributed by atoms with van der Waals surface area (Å²) in [4.78, 5) is 11.1. The quantitative estimate of drug-likeness (QED) is 0.929. The Labute approximate surface area is 114 Å². The van der Waals surface area contributed by atoms with Gasteiger partial charge in [-0.2, -0.15) is 0 Å². The third kappa shape index (κ3) is 2.03. The number of hydrogen-bond donors (Lipinski definition) is 1. The monoisotopic (exact) mass is 277 g/mol. The third-order valence-electron chi connectivity index (χ3n) is 3.34. The summed E-state index contributed by atoms with van der Waals surface area (Å²) in [6.07, 6.45) is 1.73. The van der Waals surface area contributed by atoms with Crippen LogP contribution < -0.4 is 4.74 Å². The van der Waals surface area contributed by atoms with Gasteiger partial charge in [0.1, 0.15) is 11.6 Å². The Hall–Kier alpha value is -2.37. The molecule has 0 saturated heterocycles. The summed E-state index contributed by atoms with van der Waals surface area (Å²) in [6, 6.07) is 4.33. The number of nitrogens with zero attached hydrogens (tertiary/aromatic N) is 1. The summed E-state index contributed by atoms with van der Waals surface area (Å²) >= 11 is 0. The molecule has 3 rings (SSSR count). The van der Waals surface area contributed by atoms with E-state index in [0.717, 1.165) is 12.8 Å². The second kappa shape index (κ2) is 4.63. The van der Waals surface area contributed by atoms with E-state index in [4.69, 9.17) is 14.4 Å². The smallest absolute Gasteiger partial charge is 0.358 e. The average molecular weight is 277 g/mol. The summed E-state index contributed by atoms with van der Waals surface area (Å²) in [5, 5.41) is 12.7. The van der Waals surface area contributed by atoms with E-state index in [-0.39, 0.29) is 22.9 Å². The molecule has 1 aromatic carbocycles. The van der Waals surface area contributed by atoms with Crippen LogP contribution in [0.3, 0.4) is 0 Å². The zero-order chi connectivity index (χ0) is 14.3. The average Bonchev–Trinajstić information content (AvgIpc) is 3.17. The minimum absolute atomic E-state index is 0.0869. The Morgan fingerprint density at radius 1 is 1.50 bits per heavy atom. The first-order valence-electron chi connectivity index (χ1n) is 6.18. The van der Waals surface area contributed by atoms with Crippen molar-refractivity contribution in [3.8, 4) is 17.1 Å². The zero-order valence-electron chi connectivity index (χ0n) is 10.7. The molecule has 0 amide bonds. The molecule has 0 spiro atoms. The van der Waals surface area contributed by atoms with Gasteiger partial charge in [-0.3, -0.25) is 0 Å². The molecular formula is C14H12FNO4. The van der Waals surface area contributed by atoms with E-state index in [1.54, 1.807) is 6.07 Å². The molecule has 2 aromatic rings. The minimum Gasteiger partial charge on any atom is -0.497 e. The predicted molar refractivity (Wildman–Crippen MR) is 67.4 cm³/mol. The number of ether oxygens (including phenoxy) is 1. The molecule has 104 valence electrons. The van der Waals surface area contributed by atoms with E-state index in [0.29, 0.717) is 11.3 Å². The molecule has 0 aliphatic heterocycles. The number of methoxy groups -OCH3 is 1. The highest BCUT2D eigenvalue weighted by atomic mass is 19.1. The fourth-order valence-corrected chi connectivity index (χ4v) is 2.20. The number of hydrogen-bond acceptors (Lipinski definition) is 4. The second-order valence-corrected chi connectivity index (χ2v) is 4.70. The molecule has 1 aromatic heterocycles. The number of carboxylic acids is 1. The molecule has 1 aliphatic carbocycles. The predicted octanol–water partition coefficient (Wildman–Crippen LogP) is 3.06. The molecule has 5 nitrogen and oxygen atoms in total. The van der Waals surface area contributed by atoms with E-state index < -0.39 is 11.8 Å². The minimum atomic E-state index is -1.16. The lowest BCUT2D eigenvalue weighted by atomic mass is 10.0. The summed E-state index contributed by atoms with van der Waals surface area (Å²) < 4.78 is 24.1. The Balaban J connectivity index is 2.12. The third-order valence-corrected chi connectivity index (χ3v) is 3.34. The Bertz CT molecular complexity index is 676. The van der Waals surface area contributed by atoms with Gasteiger partial charge >= 0.3 is 5.97 Å². The molecule has 6 heteroatoms. The Kier molecular flexibility index (Phi) is 2.93. The Morgan fingerprint density at radius 2 is 2.25 bits per heavy atom. The topological polar surface area (TPSA) is 72.6 Å². The summed E-state index contributed by atoms with van der Waals surface area (Å²) in [5.74, 6) is -1.01. The molecule has 0 radical (unpaired) electrons. The summed E-state index contributed by atoms with van der Waals surface area (Å²) in [5.41, 5.74) is 0.562. The molecule has 0 atom stereocenters. The maximum atomic E-state index is 14.1. The number of rotatable bonds is 4. The first-order chi connectivity index (χ1) is 9.61. The Morgan fingerprint density at radius 3 is 2.80 bits per heavy atom. The van der Waals surface area contributed by atoms with Crippen molar-refractivity contribution in [1.82, 2.24) is 5.16 Å². The number of benzene rings is 1. The van der Waals surface area contributed by atoms with Crippen LogP contribution in [-0.2, 0) is 0 Å². The molecule has 0 bridgehead atoms. The number of halogens is 1. The standard InChI is InChI=1S/C14H12FNO4/c1-19-8-4-5-9(10(15)6-8)13-11(7-2-3-7)12(14(17)18)16-20-13/h4-7H,2-3H2,1H3,(H,17,18). The van der Waals surface area contributed by atoms with Crippen molar-refractivity contribution in [1.29, 1.82) is 0 Å². The van der Waals surface area contributed by atoms with Gasteiger partial charge in [0.2, 0.25) is 0 Å². The van der Waals surface area contributed by atoms with Crippen LogP contribution in [0.4, 0.5) is 4.39 Å². The first kappa shape index (κ1) is 12.7. The van der Waals surface area contributed by atoms with Crippen LogP contribution in [0, 0.1) is 5.82 Å². The van der Waals surface area contributed by atoms with Crippen molar-refractivity contribution >= 4 is 5.97 Å². The van der Waals surface area contributed by atoms with Gasteiger partial charge in [-0.25, -0.2) is 9.18 Å². The van der Waals surface area contributed by atoms with Crippen LogP contribution in [0.15, 0.2) is 22.7 Å². The molecule has 0 unspecified atom stereocenters. The highest BCUT2D eigenvalue weighted by Crippen LogP contribution is 2.46. The number of carbonyl (C=O) groups is 1. The van der Waals surface area contributed by atoms with Gasteiger partial charge < -0.3 is 14.4 Å². The van der Waals surface area contributed by atoms with E-state index in [9.17, 15) is 9.18 Å². The van der Waals surface area contributed by atoms with Crippen LogP contribution in [0.2, 0.25) is 0 Å². The number of aromatic nitrogens is 1. The van der Waals surface area contributed by atoms with Gasteiger partial charge in [0.15, 0.2) is 11.5 Å². The van der Waals surface area contributed by atoms with Gasteiger partial charge in [-0.05, 0) is 30.9 Å². The SMILES string of the molecule is COc1ccc(-c2onc(C(=O)O)c2C2CC2)c(F)c1. The maximum Gasteiger partial charge on any atom is 0.358 e. The lowest BCUT2D eigenvalue weighted by Gasteiger charge is -2.04. The van der Waals surface area contributed by atoms with Crippen LogP contribution >= 0.6 is 0 Å². The number of carboxylic acid groups (broad SMARTS) is 1. The largest absolute Gasteiger partial charge is 0.497 e. The highest BCUT2D eigenvalue weighted by Gasteiger charge is 2.36. The van der Waals surface area contributed by atoms with Crippen LogP contribution in [0.5, 0.6) is 5.75 Å². The maximum absolute atomic E-state index is 14.1. The van der Waals surface area contributed by atoms with Crippen LogP contribution in [0.1, 0.15) is 34.8 Å². The van der Waals surface area contributed by atoms with Gasteiger partial charge in [0, 0.05) is 11.6 Å². The molecule has 1 saturated carbocycles. The van der Waals surface area contributed by atoms with E-state index in [1.165, 1.54) is 19.2 Å². The molecular weight excluding hydrogens is 265 g/mol. The normalized spacial score (nSPS) is 14.3. The van der Waals surface area contributed by atoms with Crippen molar-refractivity contribution in [2.45, 2.75) is 18.8 Å². The van der Waals surface area contributed by atoms with Crippen molar-refractivity contribution in [2.75, 3.05) is 7.11 Å². The van der Waals surface area contributed by atoms with Crippen molar-refractivity contribution in [3.63, 3.8) is 0 Å².